The van der Waals surface area contributed by atoms with Crippen molar-refractivity contribution in [1.29, 1.82) is 0 Å². The highest BCUT2D eigenvalue weighted by Crippen LogP contribution is 2.25. The SMILES string of the molecule is Cc1[nH]c(CCC(=O)O)nc1-c1ccc(F)cc1F. The number of aromatic nitrogens is 2. The molecule has 100 valence electrons. The molecule has 0 aliphatic carbocycles. The molecule has 2 aromatic rings. The molecule has 1 heterocycles. The summed E-state index contributed by atoms with van der Waals surface area (Å²) >= 11 is 0. The minimum Gasteiger partial charge on any atom is -0.481 e. The van der Waals surface area contributed by atoms with Crippen molar-refractivity contribution in [3.8, 4) is 11.3 Å². The first-order valence-electron chi connectivity index (χ1n) is 5.70. The van der Waals surface area contributed by atoms with E-state index in [0.29, 0.717) is 17.2 Å². The van der Waals surface area contributed by atoms with Crippen LogP contribution in [0.2, 0.25) is 0 Å². The lowest BCUT2D eigenvalue weighted by atomic mass is 10.1. The van der Waals surface area contributed by atoms with Crippen LogP contribution in [-0.4, -0.2) is 21.0 Å². The van der Waals surface area contributed by atoms with Crippen molar-refractivity contribution in [2.24, 2.45) is 0 Å². The van der Waals surface area contributed by atoms with Crippen LogP contribution in [0.1, 0.15) is 17.9 Å². The maximum absolute atomic E-state index is 13.7. The third-order valence-corrected chi connectivity index (χ3v) is 2.70. The van der Waals surface area contributed by atoms with Crippen LogP contribution in [-0.2, 0) is 11.2 Å². The Kier molecular flexibility index (Phi) is 3.59. The van der Waals surface area contributed by atoms with Crippen LogP contribution in [0.4, 0.5) is 8.78 Å². The van der Waals surface area contributed by atoms with Crippen molar-refractivity contribution >= 4 is 5.97 Å². The summed E-state index contributed by atoms with van der Waals surface area (Å²) in [5.74, 6) is -1.80. The molecule has 0 fully saturated rings. The fourth-order valence-corrected chi connectivity index (χ4v) is 1.81. The lowest BCUT2D eigenvalue weighted by Crippen LogP contribution is -1.98. The molecule has 0 aliphatic rings. The number of hydrogen-bond acceptors (Lipinski definition) is 2. The molecule has 19 heavy (non-hydrogen) atoms. The van der Waals surface area contributed by atoms with Gasteiger partial charge in [-0.15, -0.1) is 0 Å². The summed E-state index contributed by atoms with van der Waals surface area (Å²) in [5, 5.41) is 8.60. The highest BCUT2D eigenvalue weighted by molar-refractivity contribution is 5.67. The number of H-pyrrole nitrogens is 1. The zero-order valence-corrected chi connectivity index (χ0v) is 10.2. The average Bonchev–Trinajstić information content (AvgIpc) is 2.68. The molecule has 2 N–H and O–H groups in total. The van der Waals surface area contributed by atoms with Crippen molar-refractivity contribution in [3.05, 3.63) is 41.4 Å². The maximum Gasteiger partial charge on any atom is 0.303 e. The van der Waals surface area contributed by atoms with E-state index in [9.17, 15) is 13.6 Å². The van der Waals surface area contributed by atoms with Crippen LogP contribution in [0.25, 0.3) is 11.3 Å². The molecule has 0 radical (unpaired) electrons. The minimum atomic E-state index is -0.927. The first kappa shape index (κ1) is 13.2. The van der Waals surface area contributed by atoms with Crippen molar-refractivity contribution < 1.29 is 18.7 Å². The lowest BCUT2D eigenvalue weighted by Gasteiger charge is -2.00. The van der Waals surface area contributed by atoms with E-state index in [4.69, 9.17) is 5.11 Å². The van der Waals surface area contributed by atoms with Crippen LogP contribution in [0.15, 0.2) is 18.2 Å². The molecule has 0 spiro atoms. The summed E-state index contributed by atoms with van der Waals surface area (Å²) in [7, 11) is 0. The Morgan fingerprint density at radius 3 is 2.79 bits per heavy atom. The summed E-state index contributed by atoms with van der Waals surface area (Å²) in [6.45, 7) is 1.70. The summed E-state index contributed by atoms with van der Waals surface area (Å²) < 4.78 is 26.5. The van der Waals surface area contributed by atoms with E-state index in [1.807, 2.05) is 0 Å². The number of hydrogen-bond donors (Lipinski definition) is 2. The number of halogens is 2. The Labute approximate surface area is 108 Å². The van der Waals surface area contributed by atoms with Crippen molar-refractivity contribution in [3.63, 3.8) is 0 Å². The predicted octanol–water partition coefficient (Wildman–Crippen LogP) is 2.68. The van der Waals surface area contributed by atoms with Gasteiger partial charge < -0.3 is 10.1 Å². The number of nitrogens with zero attached hydrogens (tertiary/aromatic N) is 1. The topological polar surface area (TPSA) is 66.0 Å². The molecular formula is C13H12F2N2O2. The van der Waals surface area contributed by atoms with Gasteiger partial charge in [0.25, 0.3) is 0 Å². The highest BCUT2D eigenvalue weighted by atomic mass is 19.1. The van der Waals surface area contributed by atoms with Gasteiger partial charge in [0.2, 0.25) is 0 Å². The number of carbonyl (C=O) groups is 1. The maximum atomic E-state index is 13.7. The van der Waals surface area contributed by atoms with Crippen molar-refractivity contribution in [2.75, 3.05) is 0 Å². The molecule has 0 aliphatic heterocycles. The van der Waals surface area contributed by atoms with E-state index in [-0.39, 0.29) is 18.4 Å². The molecule has 0 saturated heterocycles. The van der Waals surface area contributed by atoms with Gasteiger partial charge in [0.15, 0.2) is 0 Å². The smallest absolute Gasteiger partial charge is 0.303 e. The molecule has 1 aromatic carbocycles. The fourth-order valence-electron chi connectivity index (χ4n) is 1.81. The van der Waals surface area contributed by atoms with E-state index < -0.39 is 17.6 Å². The van der Waals surface area contributed by atoms with Crippen LogP contribution in [0.3, 0.4) is 0 Å². The van der Waals surface area contributed by atoms with Gasteiger partial charge in [0.1, 0.15) is 17.5 Å². The summed E-state index contributed by atoms with van der Waals surface area (Å²) in [4.78, 5) is 17.5. The first-order chi connectivity index (χ1) is 8.97. The van der Waals surface area contributed by atoms with E-state index in [1.165, 1.54) is 6.07 Å². The predicted molar refractivity (Wildman–Crippen MR) is 64.6 cm³/mol. The second kappa shape index (κ2) is 5.17. The third-order valence-electron chi connectivity index (χ3n) is 2.70. The largest absolute Gasteiger partial charge is 0.481 e. The fraction of sp³-hybridized carbons (Fsp3) is 0.231. The van der Waals surface area contributed by atoms with Crippen molar-refractivity contribution in [1.82, 2.24) is 9.97 Å². The third kappa shape index (κ3) is 2.96. The van der Waals surface area contributed by atoms with Gasteiger partial charge in [-0.1, -0.05) is 0 Å². The Bertz CT molecular complexity index is 623. The number of aliphatic carboxylic acids is 1. The molecule has 0 bridgehead atoms. The van der Waals surface area contributed by atoms with Crippen LogP contribution >= 0.6 is 0 Å². The normalized spacial score (nSPS) is 10.7. The number of nitrogens with one attached hydrogen (secondary N) is 1. The van der Waals surface area contributed by atoms with Gasteiger partial charge in [0.05, 0.1) is 12.1 Å². The molecule has 0 atom stereocenters. The van der Waals surface area contributed by atoms with Gasteiger partial charge in [-0.2, -0.15) is 0 Å². The molecule has 1 aromatic heterocycles. The second-order valence-corrected chi connectivity index (χ2v) is 4.18. The van der Waals surface area contributed by atoms with Crippen LogP contribution in [0.5, 0.6) is 0 Å². The highest BCUT2D eigenvalue weighted by Gasteiger charge is 2.14. The zero-order chi connectivity index (χ0) is 14.0. The van der Waals surface area contributed by atoms with Crippen molar-refractivity contribution in [2.45, 2.75) is 19.8 Å². The molecular weight excluding hydrogens is 254 g/mol. The number of aryl methyl sites for hydroxylation is 2. The number of carboxylic acids is 1. The van der Waals surface area contributed by atoms with Crippen LogP contribution in [0, 0.1) is 18.6 Å². The molecule has 2 rings (SSSR count). The Morgan fingerprint density at radius 1 is 1.42 bits per heavy atom. The number of aromatic amines is 1. The molecule has 0 amide bonds. The molecule has 0 saturated carbocycles. The summed E-state index contributed by atoms with van der Waals surface area (Å²) in [6.07, 6.45) is 0.178. The number of benzene rings is 1. The number of imidazole rings is 1. The van der Waals surface area contributed by atoms with Crippen LogP contribution < -0.4 is 0 Å². The Hall–Kier alpha value is -2.24. The number of rotatable bonds is 4. The van der Waals surface area contributed by atoms with Gasteiger partial charge in [0, 0.05) is 23.7 Å². The van der Waals surface area contributed by atoms with Gasteiger partial charge in [-0.05, 0) is 19.1 Å². The summed E-state index contributed by atoms with van der Waals surface area (Å²) in [6, 6.07) is 3.26. The lowest BCUT2D eigenvalue weighted by molar-refractivity contribution is -0.137. The minimum absolute atomic E-state index is 0.0572. The quantitative estimate of drug-likeness (QED) is 0.894. The molecule has 4 nitrogen and oxygen atoms in total. The van der Waals surface area contributed by atoms with Gasteiger partial charge >= 0.3 is 5.97 Å². The van der Waals surface area contributed by atoms with Gasteiger partial charge in [-0.25, -0.2) is 13.8 Å². The monoisotopic (exact) mass is 266 g/mol. The average molecular weight is 266 g/mol. The van der Waals surface area contributed by atoms with E-state index in [1.54, 1.807) is 6.92 Å². The van der Waals surface area contributed by atoms with E-state index in [2.05, 4.69) is 9.97 Å². The second-order valence-electron chi connectivity index (χ2n) is 4.18. The molecule has 0 unspecified atom stereocenters. The number of carboxylic acid groups (broad SMARTS) is 1. The van der Waals surface area contributed by atoms with E-state index in [0.717, 1.165) is 12.1 Å². The van der Waals surface area contributed by atoms with E-state index >= 15 is 0 Å². The standard InChI is InChI=1S/C13H12F2N2O2/c1-7-13(9-3-2-8(14)6-10(9)15)17-11(16-7)4-5-12(18)19/h2-3,6H,4-5H2,1H3,(H,16,17)(H,18,19). The molecule has 6 heteroatoms. The zero-order valence-electron chi connectivity index (χ0n) is 10.2. The Balaban J connectivity index is 2.32. The van der Waals surface area contributed by atoms with Gasteiger partial charge in [-0.3, -0.25) is 4.79 Å². The Morgan fingerprint density at radius 2 is 2.16 bits per heavy atom. The first-order valence-corrected chi connectivity index (χ1v) is 5.70. The summed E-state index contributed by atoms with van der Waals surface area (Å²) in [5.41, 5.74) is 1.18.